The number of carbonyl (C=O) groups is 1. The fourth-order valence-electron chi connectivity index (χ4n) is 0.852. The number of rotatable bonds is 4. The Kier molecular flexibility index (Phi) is 2.75. The van der Waals surface area contributed by atoms with Gasteiger partial charge < -0.3 is 5.11 Å². The molecule has 0 aromatic carbocycles. The topological polar surface area (TPSA) is 101 Å². The summed E-state index contributed by atoms with van der Waals surface area (Å²) in [4.78, 5) is 10.2. The van der Waals surface area contributed by atoms with E-state index in [0.717, 1.165) is 0 Å². The fraction of sp³-hybridized carbons (Fsp3) is 0.333. The first-order chi connectivity index (χ1) is 6.39. The van der Waals surface area contributed by atoms with Crippen molar-refractivity contribution in [3.8, 4) is 0 Å². The van der Waals surface area contributed by atoms with E-state index in [1.807, 2.05) is 0 Å². The summed E-state index contributed by atoms with van der Waals surface area (Å²) in [5.41, 5.74) is 0.244. The van der Waals surface area contributed by atoms with Gasteiger partial charge in [0.2, 0.25) is 10.0 Å². The molecule has 7 nitrogen and oxygen atoms in total. The van der Waals surface area contributed by atoms with Crippen molar-refractivity contribution in [3.63, 3.8) is 0 Å². The number of hydrogen-bond donors (Lipinski definition) is 2. The summed E-state index contributed by atoms with van der Waals surface area (Å²) < 4.78 is 25.7. The Morgan fingerprint density at radius 1 is 1.71 bits per heavy atom. The molecule has 8 heteroatoms. The Labute approximate surface area is 80.4 Å². The molecule has 0 radical (unpaired) electrons. The number of nitrogens with one attached hydrogen (secondary N) is 1. The summed E-state index contributed by atoms with van der Waals surface area (Å²) in [6.07, 6.45) is 2.72. The van der Waals surface area contributed by atoms with Crippen molar-refractivity contribution in [1.82, 2.24) is 9.78 Å². The molecule has 0 saturated carbocycles. The van der Waals surface area contributed by atoms with Crippen molar-refractivity contribution in [2.45, 2.75) is 0 Å². The zero-order valence-electron chi connectivity index (χ0n) is 7.34. The standard InChI is InChI=1S/C6H9N3O4S/c1-9-3-5(2-7-9)8-14(12,13)4-6(10)11/h2-3,8H,4H2,1H3,(H,10,11). The summed E-state index contributed by atoms with van der Waals surface area (Å²) in [6, 6.07) is 0. The lowest BCUT2D eigenvalue weighted by molar-refractivity contribution is -0.134. The molecule has 0 spiro atoms. The van der Waals surface area contributed by atoms with Crippen LogP contribution in [0.4, 0.5) is 5.69 Å². The van der Waals surface area contributed by atoms with E-state index in [0.29, 0.717) is 0 Å². The highest BCUT2D eigenvalue weighted by Crippen LogP contribution is 2.06. The summed E-state index contributed by atoms with van der Waals surface area (Å²) >= 11 is 0. The van der Waals surface area contributed by atoms with Crippen LogP contribution in [-0.2, 0) is 21.9 Å². The van der Waals surface area contributed by atoms with Gasteiger partial charge in [-0.1, -0.05) is 0 Å². The van der Waals surface area contributed by atoms with Crippen LogP contribution in [0.5, 0.6) is 0 Å². The summed E-state index contributed by atoms with van der Waals surface area (Å²) in [5.74, 6) is -2.36. The number of carboxylic acids is 1. The second-order valence-electron chi connectivity index (χ2n) is 2.66. The van der Waals surface area contributed by atoms with E-state index in [2.05, 4.69) is 9.82 Å². The Balaban J connectivity index is 2.73. The molecule has 0 aliphatic heterocycles. The summed E-state index contributed by atoms with van der Waals surface area (Å²) in [5, 5.41) is 12.0. The van der Waals surface area contributed by atoms with Crippen molar-refractivity contribution in [3.05, 3.63) is 12.4 Å². The van der Waals surface area contributed by atoms with E-state index in [-0.39, 0.29) is 5.69 Å². The number of aliphatic carboxylic acids is 1. The second-order valence-corrected chi connectivity index (χ2v) is 4.38. The van der Waals surface area contributed by atoms with E-state index in [1.165, 1.54) is 17.1 Å². The van der Waals surface area contributed by atoms with Gasteiger partial charge in [-0.25, -0.2) is 8.42 Å². The minimum Gasteiger partial charge on any atom is -0.480 e. The molecule has 1 aromatic heterocycles. The Morgan fingerprint density at radius 2 is 2.36 bits per heavy atom. The third-order valence-corrected chi connectivity index (χ3v) is 2.47. The highest BCUT2D eigenvalue weighted by atomic mass is 32.2. The quantitative estimate of drug-likeness (QED) is 0.693. The van der Waals surface area contributed by atoms with Crippen LogP contribution in [0, 0.1) is 0 Å². The predicted molar refractivity (Wildman–Crippen MR) is 48.3 cm³/mol. The zero-order chi connectivity index (χ0) is 10.8. The van der Waals surface area contributed by atoms with Crippen LogP contribution >= 0.6 is 0 Å². The van der Waals surface area contributed by atoms with Gasteiger partial charge in [-0.05, 0) is 0 Å². The lowest BCUT2D eigenvalue weighted by Gasteiger charge is -2.01. The Bertz CT molecular complexity index is 436. The van der Waals surface area contributed by atoms with Crippen LogP contribution in [0.1, 0.15) is 0 Å². The van der Waals surface area contributed by atoms with Crippen molar-refractivity contribution in [1.29, 1.82) is 0 Å². The lowest BCUT2D eigenvalue weighted by Crippen LogP contribution is -2.22. The molecule has 0 unspecified atom stereocenters. The molecule has 0 atom stereocenters. The van der Waals surface area contributed by atoms with Gasteiger partial charge in [0, 0.05) is 13.2 Å². The highest BCUT2D eigenvalue weighted by Gasteiger charge is 2.15. The highest BCUT2D eigenvalue weighted by molar-refractivity contribution is 7.93. The molecule has 0 fully saturated rings. The number of aromatic nitrogens is 2. The van der Waals surface area contributed by atoms with Gasteiger partial charge in [0.05, 0.1) is 11.9 Å². The molecule has 0 amide bonds. The van der Waals surface area contributed by atoms with Crippen LogP contribution < -0.4 is 4.72 Å². The van der Waals surface area contributed by atoms with E-state index in [1.54, 1.807) is 7.05 Å². The molecule has 1 rings (SSSR count). The van der Waals surface area contributed by atoms with Gasteiger partial charge in [-0.15, -0.1) is 0 Å². The number of anilines is 1. The van der Waals surface area contributed by atoms with Crippen LogP contribution in [0.25, 0.3) is 0 Å². The SMILES string of the molecule is Cn1cc(NS(=O)(=O)CC(=O)O)cn1. The Morgan fingerprint density at radius 3 is 2.79 bits per heavy atom. The number of hydrogen-bond acceptors (Lipinski definition) is 4. The molecular weight excluding hydrogens is 210 g/mol. The third-order valence-electron chi connectivity index (χ3n) is 1.29. The number of carboxylic acid groups (broad SMARTS) is 1. The third kappa shape index (κ3) is 3.05. The van der Waals surface area contributed by atoms with E-state index in [9.17, 15) is 13.2 Å². The monoisotopic (exact) mass is 219 g/mol. The van der Waals surface area contributed by atoms with E-state index < -0.39 is 21.7 Å². The van der Waals surface area contributed by atoms with Crippen LogP contribution in [0.2, 0.25) is 0 Å². The maximum Gasteiger partial charge on any atom is 0.320 e. The van der Waals surface area contributed by atoms with Crippen molar-refractivity contribution < 1.29 is 18.3 Å². The maximum absolute atomic E-state index is 11.1. The minimum atomic E-state index is -3.82. The molecule has 0 aliphatic rings. The van der Waals surface area contributed by atoms with Crippen LogP contribution in [0.15, 0.2) is 12.4 Å². The molecule has 1 aromatic rings. The van der Waals surface area contributed by atoms with Crippen LogP contribution in [0.3, 0.4) is 0 Å². The van der Waals surface area contributed by atoms with E-state index >= 15 is 0 Å². The molecule has 78 valence electrons. The van der Waals surface area contributed by atoms with Gasteiger partial charge in [0.25, 0.3) is 0 Å². The van der Waals surface area contributed by atoms with Gasteiger partial charge in [0.15, 0.2) is 5.75 Å². The van der Waals surface area contributed by atoms with Crippen molar-refractivity contribution >= 4 is 21.7 Å². The first-order valence-electron chi connectivity index (χ1n) is 3.60. The number of nitrogens with zero attached hydrogens (tertiary/aromatic N) is 2. The number of aryl methyl sites for hydroxylation is 1. The average Bonchev–Trinajstić information content (AvgIpc) is 2.30. The summed E-state index contributed by atoms with van der Waals surface area (Å²) in [7, 11) is -2.20. The normalized spacial score (nSPS) is 11.2. The molecule has 1 heterocycles. The zero-order valence-corrected chi connectivity index (χ0v) is 8.15. The first kappa shape index (κ1) is 10.5. The molecular formula is C6H9N3O4S. The van der Waals surface area contributed by atoms with Crippen LogP contribution in [-0.4, -0.2) is 35.0 Å². The van der Waals surface area contributed by atoms with Crippen molar-refractivity contribution in [2.75, 3.05) is 10.5 Å². The maximum atomic E-state index is 11.1. The minimum absolute atomic E-state index is 0.244. The summed E-state index contributed by atoms with van der Waals surface area (Å²) in [6.45, 7) is 0. The Hall–Kier alpha value is -1.57. The van der Waals surface area contributed by atoms with Gasteiger partial charge in [-0.2, -0.15) is 5.10 Å². The smallest absolute Gasteiger partial charge is 0.320 e. The first-order valence-corrected chi connectivity index (χ1v) is 5.25. The van der Waals surface area contributed by atoms with Gasteiger partial charge in [-0.3, -0.25) is 14.2 Å². The van der Waals surface area contributed by atoms with E-state index in [4.69, 9.17) is 5.11 Å². The van der Waals surface area contributed by atoms with Gasteiger partial charge >= 0.3 is 5.97 Å². The van der Waals surface area contributed by atoms with Gasteiger partial charge in [0.1, 0.15) is 0 Å². The predicted octanol–water partition coefficient (Wildman–Crippen LogP) is -0.754. The molecule has 14 heavy (non-hydrogen) atoms. The fourth-order valence-corrected chi connectivity index (χ4v) is 1.71. The second kappa shape index (κ2) is 3.66. The molecule has 0 bridgehead atoms. The largest absolute Gasteiger partial charge is 0.480 e. The molecule has 2 N–H and O–H groups in total. The number of sulfonamides is 1. The molecule has 0 saturated heterocycles. The lowest BCUT2D eigenvalue weighted by atomic mass is 10.6. The molecule has 0 aliphatic carbocycles. The van der Waals surface area contributed by atoms with Crippen molar-refractivity contribution in [2.24, 2.45) is 7.05 Å². The average molecular weight is 219 g/mol.